The maximum atomic E-state index is 11.7. The molecule has 6 heteroatoms. The van der Waals surface area contributed by atoms with E-state index in [0.29, 0.717) is 0 Å². The molecule has 2 N–H and O–H groups in total. The van der Waals surface area contributed by atoms with Crippen molar-refractivity contribution < 1.29 is 17.9 Å². The van der Waals surface area contributed by atoms with Crippen molar-refractivity contribution in [1.29, 1.82) is 0 Å². The van der Waals surface area contributed by atoms with E-state index in [-0.39, 0.29) is 21.8 Å². The molecule has 0 atom stereocenters. The van der Waals surface area contributed by atoms with Crippen LogP contribution >= 0.6 is 0 Å². The van der Waals surface area contributed by atoms with Gasteiger partial charge >= 0.3 is 0 Å². The molecule has 0 saturated carbocycles. The van der Waals surface area contributed by atoms with Gasteiger partial charge in [-0.2, -0.15) is 0 Å². The Bertz CT molecular complexity index is 544. The lowest BCUT2D eigenvalue weighted by Crippen LogP contribution is -2.19. The van der Waals surface area contributed by atoms with Crippen molar-refractivity contribution in [3.63, 3.8) is 0 Å². The number of hydrogen-bond acceptors (Lipinski definition) is 4. The summed E-state index contributed by atoms with van der Waals surface area (Å²) in [5.74, 6) is 0.423. The maximum absolute atomic E-state index is 11.7. The monoisotopic (exact) mass is 273 g/mol. The average Bonchev–Trinajstić information content (AvgIpc) is 2.24. The Morgan fingerprint density at radius 1 is 1.11 bits per heavy atom. The summed E-state index contributed by atoms with van der Waals surface area (Å²) in [7, 11) is -1.12. The van der Waals surface area contributed by atoms with Crippen molar-refractivity contribution in [1.82, 2.24) is 0 Å². The molecule has 0 amide bonds. The molecule has 0 saturated heterocycles. The highest BCUT2D eigenvalue weighted by atomic mass is 32.2. The molecular formula is C12H19NO4S. The molecule has 0 aliphatic heterocycles. The first-order valence-electron chi connectivity index (χ1n) is 5.41. The van der Waals surface area contributed by atoms with Crippen LogP contribution in [0.4, 0.5) is 0 Å². The fourth-order valence-electron chi connectivity index (χ4n) is 1.77. The molecule has 102 valence electrons. The lowest BCUT2D eigenvalue weighted by atomic mass is 9.86. The number of hydrogen-bond donors (Lipinski definition) is 1. The third-order valence-corrected chi connectivity index (χ3v) is 3.55. The largest absolute Gasteiger partial charge is 0.495 e. The molecule has 0 bridgehead atoms. The second kappa shape index (κ2) is 4.78. The first-order valence-corrected chi connectivity index (χ1v) is 6.95. The molecule has 5 nitrogen and oxygen atoms in total. The van der Waals surface area contributed by atoms with Crippen LogP contribution in [-0.4, -0.2) is 22.6 Å². The Balaban J connectivity index is 3.75. The zero-order valence-electron chi connectivity index (χ0n) is 11.3. The summed E-state index contributed by atoms with van der Waals surface area (Å²) < 4.78 is 33.7. The highest BCUT2D eigenvalue weighted by molar-refractivity contribution is 7.89. The van der Waals surface area contributed by atoms with Crippen LogP contribution in [0.1, 0.15) is 26.3 Å². The molecule has 1 aromatic carbocycles. The van der Waals surface area contributed by atoms with Crippen molar-refractivity contribution in [2.45, 2.75) is 31.1 Å². The van der Waals surface area contributed by atoms with Gasteiger partial charge in [0.15, 0.2) is 4.90 Å². The fraction of sp³-hybridized carbons (Fsp3) is 0.500. The van der Waals surface area contributed by atoms with Crippen LogP contribution in [0, 0.1) is 0 Å². The lowest BCUT2D eigenvalue weighted by molar-refractivity contribution is 0.363. The smallest absolute Gasteiger partial charge is 0.245 e. The van der Waals surface area contributed by atoms with Crippen molar-refractivity contribution in [2.24, 2.45) is 5.14 Å². The van der Waals surface area contributed by atoms with Crippen molar-refractivity contribution >= 4 is 10.0 Å². The predicted octanol–water partition coefficient (Wildman–Crippen LogP) is 1.65. The standard InChI is InChI=1S/C12H19NO4S/c1-12(2,3)8-6-7-9(16-4)11(10(8)17-5)18(13,14)15/h6-7H,1-5H3,(H2,13,14,15). The third kappa shape index (κ3) is 2.76. The van der Waals surface area contributed by atoms with E-state index in [1.54, 1.807) is 12.1 Å². The second-order valence-electron chi connectivity index (χ2n) is 4.97. The molecule has 0 aliphatic carbocycles. The third-order valence-electron chi connectivity index (χ3n) is 2.59. The quantitative estimate of drug-likeness (QED) is 0.908. The molecule has 18 heavy (non-hydrogen) atoms. The van der Waals surface area contributed by atoms with E-state index in [2.05, 4.69) is 0 Å². The van der Waals surface area contributed by atoms with Gasteiger partial charge in [0.2, 0.25) is 10.0 Å². The Hall–Kier alpha value is -1.27. The first kappa shape index (κ1) is 14.8. The summed E-state index contributed by atoms with van der Waals surface area (Å²) in [5, 5.41) is 5.23. The van der Waals surface area contributed by atoms with Gasteiger partial charge in [0.1, 0.15) is 11.5 Å². The summed E-state index contributed by atoms with van der Waals surface area (Å²) in [6.45, 7) is 5.89. The van der Waals surface area contributed by atoms with Crippen LogP contribution in [-0.2, 0) is 15.4 Å². The predicted molar refractivity (Wildman–Crippen MR) is 69.6 cm³/mol. The molecule has 0 spiro atoms. The summed E-state index contributed by atoms with van der Waals surface area (Å²) in [6, 6.07) is 3.37. The summed E-state index contributed by atoms with van der Waals surface area (Å²) >= 11 is 0. The van der Waals surface area contributed by atoms with Gasteiger partial charge in [-0.05, 0) is 11.5 Å². The van der Waals surface area contributed by atoms with Gasteiger partial charge in [-0.1, -0.05) is 26.8 Å². The van der Waals surface area contributed by atoms with Gasteiger partial charge in [-0.3, -0.25) is 0 Å². The minimum atomic E-state index is -3.92. The van der Waals surface area contributed by atoms with E-state index in [4.69, 9.17) is 14.6 Å². The van der Waals surface area contributed by atoms with Crippen LogP contribution in [0.25, 0.3) is 0 Å². The fourth-order valence-corrected chi connectivity index (χ4v) is 2.65. The van der Waals surface area contributed by atoms with E-state index in [1.807, 2.05) is 20.8 Å². The van der Waals surface area contributed by atoms with Crippen LogP contribution in [0.2, 0.25) is 0 Å². The molecule has 0 fully saturated rings. The number of rotatable bonds is 3. The van der Waals surface area contributed by atoms with Crippen LogP contribution in [0.15, 0.2) is 17.0 Å². The molecule has 0 unspecified atom stereocenters. The van der Waals surface area contributed by atoms with Crippen LogP contribution < -0.4 is 14.6 Å². The van der Waals surface area contributed by atoms with Crippen molar-refractivity contribution in [3.8, 4) is 11.5 Å². The summed E-state index contributed by atoms with van der Waals surface area (Å²) in [6.07, 6.45) is 0. The van der Waals surface area contributed by atoms with Gasteiger partial charge in [0.25, 0.3) is 0 Å². The maximum Gasteiger partial charge on any atom is 0.245 e. The van der Waals surface area contributed by atoms with E-state index < -0.39 is 10.0 Å². The molecule has 1 aromatic rings. The van der Waals surface area contributed by atoms with Gasteiger partial charge < -0.3 is 9.47 Å². The topological polar surface area (TPSA) is 78.6 Å². The molecule has 0 heterocycles. The van der Waals surface area contributed by atoms with Gasteiger partial charge in [0, 0.05) is 5.56 Å². The summed E-state index contributed by atoms with van der Waals surface area (Å²) in [4.78, 5) is -0.111. The second-order valence-corrected chi connectivity index (χ2v) is 6.47. The molecule has 0 radical (unpaired) electrons. The van der Waals surface area contributed by atoms with Crippen LogP contribution in [0.5, 0.6) is 11.5 Å². The van der Waals surface area contributed by atoms with Gasteiger partial charge in [-0.15, -0.1) is 0 Å². The highest BCUT2D eigenvalue weighted by Crippen LogP contribution is 2.40. The zero-order chi connectivity index (χ0) is 14.1. The Kier molecular flexibility index (Phi) is 3.92. The average molecular weight is 273 g/mol. The Labute approximate surface area is 108 Å². The molecule has 0 aromatic heterocycles. The van der Waals surface area contributed by atoms with Crippen molar-refractivity contribution in [3.05, 3.63) is 17.7 Å². The van der Waals surface area contributed by atoms with E-state index >= 15 is 0 Å². The number of sulfonamides is 1. The number of ether oxygens (including phenoxy) is 2. The zero-order valence-corrected chi connectivity index (χ0v) is 12.1. The van der Waals surface area contributed by atoms with Crippen LogP contribution in [0.3, 0.4) is 0 Å². The number of benzene rings is 1. The number of primary sulfonamides is 1. The lowest BCUT2D eigenvalue weighted by Gasteiger charge is -2.24. The molecule has 1 rings (SSSR count). The minimum absolute atomic E-state index is 0.111. The summed E-state index contributed by atoms with van der Waals surface area (Å²) in [5.41, 5.74) is 0.492. The first-order chi connectivity index (χ1) is 8.12. The van der Waals surface area contributed by atoms with E-state index in [1.165, 1.54) is 14.2 Å². The van der Waals surface area contributed by atoms with E-state index in [0.717, 1.165) is 5.56 Å². The highest BCUT2D eigenvalue weighted by Gasteiger charge is 2.28. The van der Waals surface area contributed by atoms with E-state index in [9.17, 15) is 8.42 Å². The number of methoxy groups -OCH3 is 2. The van der Waals surface area contributed by atoms with Gasteiger partial charge in [-0.25, -0.2) is 13.6 Å². The Morgan fingerprint density at radius 2 is 1.67 bits per heavy atom. The van der Waals surface area contributed by atoms with Gasteiger partial charge in [0.05, 0.1) is 14.2 Å². The Morgan fingerprint density at radius 3 is 2.00 bits per heavy atom. The number of nitrogens with two attached hydrogens (primary N) is 1. The normalized spacial score (nSPS) is 12.3. The van der Waals surface area contributed by atoms with Crippen molar-refractivity contribution in [2.75, 3.05) is 14.2 Å². The SMILES string of the molecule is COc1ccc(C(C)(C)C)c(OC)c1S(N)(=O)=O. The minimum Gasteiger partial charge on any atom is -0.495 e. The molecular weight excluding hydrogens is 254 g/mol. The molecule has 0 aliphatic rings.